The monoisotopic (exact) mass is 245 g/mol. The third-order valence-electron chi connectivity index (χ3n) is 2.67. The molecule has 1 heterocycles. The molecular formula is C14H16FN3. The number of hydrogen-bond acceptors (Lipinski definition) is 3. The first-order valence-corrected chi connectivity index (χ1v) is 5.92. The average molecular weight is 245 g/mol. The highest BCUT2D eigenvalue weighted by molar-refractivity contribution is 5.37. The van der Waals surface area contributed by atoms with Gasteiger partial charge in [-0.15, -0.1) is 0 Å². The Labute approximate surface area is 106 Å². The van der Waals surface area contributed by atoms with Gasteiger partial charge >= 0.3 is 0 Å². The molecule has 4 heteroatoms. The van der Waals surface area contributed by atoms with E-state index in [-0.39, 0.29) is 11.6 Å². The van der Waals surface area contributed by atoms with Crippen LogP contribution in [0, 0.1) is 5.82 Å². The molecule has 0 saturated carbocycles. The normalized spacial score (nSPS) is 10.3. The Morgan fingerprint density at radius 1 is 1.11 bits per heavy atom. The van der Waals surface area contributed by atoms with Crippen LogP contribution in [0.5, 0.6) is 0 Å². The summed E-state index contributed by atoms with van der Waals surface area (Å²) in [5.74, 6) is -0.0548. The van der Waals surface area contributed by atoms with Crippen LogP contribution in [0.15, 0.2) is 42.6 Å². The van der Waals surface area contributed by atoms with E-state index in [1.54, 1.807) is 12.3 Å². The van der Waals surface area contributed by atoms with E-state index < -0.39 is 0 Å². The van der Waals surface area contributed by atoms with Crippen LogP contribution in [0.4, 0.5) is 10.2 Å². The fourth-order valence-corrected chi connectivity index (χ4v) is 1.69. The number of anilines is 1. The van der Waals surface area contributed by atoms with Crippen molar-refractivity contribution in [3.05, 3.63) is 59.5 Å². The van der Waals surface area contributed by atoms with E-state index in [0.717, 1.165) is 12.0 Å². The van der Waals surface area contributed by atoms with Crippen molar-refractivity contribution in [3.63, 3.8) is 0 Å². The molecule has 2 aromatic rings. The average Bonchev–Trinajstić information content (AvgIpc) is 2.40. The van der Waals surface area contributed by atoms with Gasteiger partial charge in [0.15, 0.2) is 11.6 Å². The number of aromatic nitrogens is 1. The largest absolute Gasteiger partial charge is 0.364 e. The van der Waals surface area contributed by atoms with Crippen LogP contribution in [0.25, 0.3) is 0 Å². The fourth-order valence-electron chi connectivity index (χ4n) is 1.69. The zero-order chi connectivity index (χ0) is 12.8. The molecule has 18 heavy (non-hydrogen) atoms. The summed E-state index contributed by atoms with van der Waals surface area (Å²) in [6.07, 6.45) is 2.44. The summed E-state index contributed by atoms with van der Waals surface area (Å²) < 4.78 is 13.3. The number of nitrogens with zero attached hydrogens (tertiary/aromatic N) is 1. The molecule has 0 atom stereocenters. The van der Waals surface area contributed by atoms with Gasteiger partial charge in [0.1, 0.15) is 0 Å². The summed E-state index contributed by atoms with van der Waals surface area (Å²) in [6, 6.07) is 11.1. The van der Waals surface area contributed by atoms with Crippen LogP contribution in [-0.4, -0.2) is 11.5 Å². The van der Waals surface area contributed by atoms with Crippen LogP contribution >= 0.6 is 0 Å². The molecule has 0 spiro atoms. The van der Waals surface area contributed by atoms with Gasteiger partial charge in [-0.2, -0.15) is 0 Å². The topological polar surface area (TPSA) is 50.9 Å². The Morgan fingerprint density at radius 2 is 1.83 bits per heavy atom. The Balaban J connectivity index is 1.96. The minimum Gasteiger partial charge on any atom is -0.364 e. The van der Waals surface area contributed by atoms with E-state index in [0.29, 0.717) is 13.1 Å². The predicted octanol–water partition coefficient (Wildman–Crippen LogP) is 2.33. The summed E-state index contributed by atoms with van der Waals surface area (Å²) >= 11 is 0. The Kier molecular flexibility index (Phi) is 4.25. The van der Waals surface area contributed by atoms with E-state index in [4.69, 9.17) is 5.73 Å². The highest BCUT2D eigenvalue weighted by atomic mass is 19.1. The zero-order valence-corrected chi connectivity index (χ0v) is 10.1. The molecule has 1 aromatic carbocycles. The van der Waals surface area contributed by atoms with Crippen LogP contribution in [0.1, 0.15) is 11.1 Å². The zero-order valence-electron chi connectivity index (χ0n) is 10.1. The molecule has 0 unspecified atom stereocenters. The predicted molar refractivity (Wildman–Crippen MR) is 70.7 cm³/mol. The molecule has 0 fully saturated rings. The quantitative estimate of drug-likeness (QED) is 0.850. The lowest BCUT2D eigenvalue weighted by Crippen LogP contribution is -2.04. The molecule has 0 aliphatic rings. The number of rotatable bonds is 5. The van der Waals surface area contributed by atoms with E-state index in [1.165, 1.54) is 11.6 Å². The second-order valence-corrected chi connectivity index (χ2v) is 4.04. The van der Waals surface area contributed by atoms with Gasteiger partial charge in [0, 0.05) is 12.7 Å². The first-order valence-electron chi connectivity index (χ1n) is 5.92. The number of halogens is 1. The second kappa shape index (κ2) is 6.12. The van der Waals surface area contributed by atoms with Crippen molar-refractivity contribution >= 4 is 5.82 Å². The van der Waals surface area contributed by atoms with E-state index in [1.807, 2.05) is 24.3 Å². The lowest BCUT2D eigenvalue weighted by Gasteiger charge is -2.07. The van der Waals surface area contributed by atoms with E-state index in [9.17, 15) is 4.39 Å². The standard InChI is InChI=1S/C14H16FN3/c15-13-2-1-9-17-14(13)18-10-12-5-3-11(4-6-12)7-8-16/h1-6,9H,7-8,10,16H2,(H,17,18). The smallest absolute Gasteiger partial charge is 0.165 e. The van der Waals surface area contributed by atoms with Crippen molar-refractivity contribution in [1.29, 1.82) is 0 Å². The minimum atomic E-state index is -0.336. The van der Waals surface area contributed by atoms with Gasteiger partial charge in [-0.1, -0.05) is 24.3 Å². The molecule has 0 bridgehead atoms. The summed E-state index contributed by atoms with van der Waals surface area (Å²) in [4.78, 5) is 3.94. The van der Waals surface area contributed by atoms with Crippen molar-refractivity contribution in [3.8, 4) is 0 Å². The van der Waals surface area contributed by atoms with Crippen LogP contribution in [0.3, 0.4) is 0 Å². The Bertz CT molecular complexity index is 497. The number of nitrogens with one attached hydrogen (secondary N) is 1. The molecule has 0 aliphatic carbocycles. The molecule has 0 saturated heterocycles. The summed E-state index contributed by atoms with van der Waals surface area (Å²) in [7, 11) is 0. The molecular weight excluding hydrogens is 229 g/mol. The van der Waals surface area contributed by atoms with Crippen LogP contribution in [-0.2, 0) is 13.0 Å². The molecule has 1 aromatic heterocycles. The molecule has 94 valence electrons. The van der Waals surface area contributed by atoms with Gasteiger partial charge in [-0.25, -0.2) is 9.37 Å². The van der Waals surface area contributed by atoms with Gasteiger partial charge in [0.2, 0.25) is 0 Å². The van der Waals surface area contributed by atoms with Crippen molar-refractivity contribution in [2.75, 3.05) is 11.9 Å². The maximum Gasteiger partial charge on any atom is 0.165 e. The molecule has 0 radical (unpaired) electrons. The molecule has 3 nitrogen and oxygen atoms in total. The van der Waals surface area contributed by atoms with Gasteiger partial charge in [0.05, 0.1) is 0 Å². The fraction of sp³-hybridized carbons (Fsp3) is 0.214. The highest BCUT2D eigenvalue weighted by Gasteiger charge is 2.01. The molecule has 0 aliphatic heterocycles. The third kappa shape index (κ3) is 3.28. The van der Waals surface area contributed by atoms with E-state index >= 15 is 0 Å². The molecule has 3 N–H and O–H groups in total. The number of hydrogen-bond donors (Lipinski definition) is 2. The first kappa shape index (κ1) is 12.5. The van der Waals surface area contributed by atoms with Crippen molar-refractivity contribution in [1.82, 2.24) is 4.98 Å². The third-order valence-corrected chi connectivity index (χ3v) is 2.67. The minimum absolute atomic E-state index is 0.281. The van der Waals surface area contributed by atoms with Crippen molar-refractivity contribution < 1.29 is 4.39 Å². The summed E-state index contributed by atoms with van der Waals surface area (Å²) in [5.41, 5.74) is 7.78. The molecule has 0 amide bonds. The van der Waals surface area contributed by atoms with Crippen molar-refractivity contribution in [2.24, 2.45) is 5.73 Å². The van der Waals surface area contributed by atoms with Gasteiger partial charge in [0.25, 0.3) is 0 Å². The number of pyridine rings is 1. The lowest BCUT2D eigenvalue weighted by molar-refractivity contribution is 0.624. The maximum atomic E-state index is 13.3. The SMILES string of the molecule is NCCc1ccc(CNc2ncccc2F)cc1. The Morgan fingerprint density at radius 3 is 2.50 bits per heavy atom. The summed E-state index contributed by atoms with van der Waals surface area (Å²) in [6.45, 7) is 1.20. The number of nitrogens with two attached hydrogens (primary N) is 1. The van der Waals surface area contributed by atoms with Gasteiger partial charge < -0.3 is 11.1 Å². The first-order chi connectivity index (χ1) is 8.79. The maximum absolute atomic E-state index is 13.3. The van der Waals surface area contributed by atoms with E-state index in [2.05, 4.69) is 10.3 Å². The Hall–Kier alpha value is -1.94. The molecule has 2 rings (SSSR count). The lowest BCUT2D eigenvalue weighted by atomic mass is 10.1. The van der Waals surface area contributed by atoms with Crippen LogP contribution in [0.2, 0.25) is 0 Å². The van der Waals surface area contributed by atoms with Crippen LogP contribution < -0.4 is 11.1 Å². The van der Waals surface area contributed by atoms with Gasteiger partial charge in [-0.05, 0) is 36.2 Å². The highest BCUT2D eigenvalue weighted by Crippen LogP contribution is 2.11. The summed E-state index contributed by atoms with van der Waals surface area (Å²) in [5, 5.41) is 2.97. The number of benzene rings is 1. The second-order valence-electron chi connectivity index (χ2n) is 4.04. The van der Waals surface area contributed by atoms with Crippen molar-refractivity contribution in [2.45, 2.75) is 13.0 Å². The van der Waals surface area contributed by atoms with Gasteiger partial charge in [-0.3, -0.25) is 0 Å².